The zero-order chi connectivity index (χ0) is 20.4. The monoisotopic (exact) mass is 395 g/mol. The van der Waals surface area contributed by atoms with Crippen LogP contribution in [-0.2, 0) is 10.3 Å². The van der Waals surface area contributed by atoms with E-state index in [4.69, 9.17) is 18.9 Å². The minimum atomic E-state index is -0.596. The van der Waals surface area contributed by atoms with Crippen LogP contribution in [0.3, 0.4) is 0 Å². The molecule has 0 atom stereocenters. The van der Waals surface area contributed by atoms with Crippen LogP contribution in [0.1, 0.15) is 31.9 Å². The summed E-state index contributed by atoms with van der Waals surface area (Å²) < 4.78 is 22.7. The van der Waals surface area contributed by atoms with Gasteiger partial charge in [-0.25, -0.2) is 0 Å². The maximum atomic E-state index is 12.9. The summed E-state index contributed by atoms with van der Waals surface area (Å²) in [6.07, 6.45) is 1.86. The Morgan fingerprint density at radius 1 is 1.10 bits per heavy atom. The zero-order valence-electron chi connectivity index (χ0n) is 16.9. The Labute approximate surface area is 170 Å². The van der Waals surface area contributed by atoms with Crippen molar-refractivity contribution in [2.45, 2.75) is 26.3 Å². The van der Waals surface area contributed by atoms with Crippen LogP contribution in [0, 0.1) is 0 Å². The van der Waals surface area contributed by atoms with Gasteiger partial charge in [0, 0.05) is 5.56 Å². The molecule has 0 spiro atoms. The van der Waals surface area contributed by atoms with E-state index in [0.29, 0.717) is 42.6 Å². The molecule has 4 rings (SSSR count). The lowest BCUT2D eigenvalue weighted by Gasteiger charge is -2.30. The van der Waals surface area contributed by atoms with Crippen molar-refractivity contribution in [1.82, 2.24) is 5.32 Å². The first-order valence-corrected chi connectivity index (χ1v) is 9.80. The van der Waals surface area contributed by atoms with Crippen LogP contribution in [0.15, 0.2) is 42.0 Å². The number of para-hydroxylation sites is 1. The van der Waals surface area contributed by atoms with Gasteiger partial charge < -0.3 is 24.3 Å². The predicted octanol–water partition coefficient (Wildman–Crippen LogP) is 3.68. The van der Waals surface area contributed by atoms with Gasteiger partial charge >= 0.3 is 0 Å². The van der Waals surface area contributed by atoms with E-state index in [9.17, 15) is 4.79 Å². The highest BCUT2D eigenvalue weighted by Gasteiger charge is 2.28. The first-order valence-electron chi connectivity index (χ1n) is 9.80. The zero-order valence-corrected chi connectivity index (χ0v) is 16.9. The SMILES string of the molecule is CCOc1cccc2c1OCC(C(=O)NC(C)(C)c1ccc3c(c1)OCCO3)=C2. The minimum Gasteiger partial charge on any atom is -0.490 e. The molecule has 2 aliphatic heterocycles. The number of rotatable bonds is 5. The molecular weight excluding hydrogens is 370 g/mol. The van der Waals surface area contributed by atoms with E-state index in [-0.39, 0.29) is 12.5 Å². The molecule has 0 bridgehead atoms. The van der Waals surface area contributed by atoms with Crippen molar-refractivity contribution in [2.75, 3.05) is 26.4 Å². The van der Waals surface area contributed by atoms with E-state index in [2.05, 4.69) is 5.32 Å². The van der Waals surface area contributed by atoms with Crippen molar-refractivity contribution in [3.8, 4) is 23.0 Å². The number of nitrogens with one attached hydrogen (secondary N) is 1. The molecule has 29 heavy (non-hydrogen) atoms. The molecule has 1 N–H and O–H groups in total. The van der Waals surface area contributed by atoms with Crippen molar-refractivity contribution in [3.63, 3.8) is 0 Å². The van der Waals surface area contributed by atoms with Gasteiger partial charge in [0.2, 0.25) is 0 Å². The average molecular weight is 395 g/mol. The van der Waals surface area contributed by atoms with E-state index < -0.39 is 5.54 Å². The van der Waals surface area contributed by atoms with Gasteiger partial charge in [-0.05, 0) is 50.6 Å². The van der Waals surface area contributed by atoms with Crippen LogP contribution in [-0.4, -0.2) is 32.3 Å². The van der Waals surface area contributed by atoms with Gasteiger partial charge in [-0.1, -0.05) is 18.2 Å². The van der Waals surface area contributed by atoms with Crippen LogP contribution in [0.5, 0.6) is 23.0 Å². The Balaban J connectivity index is 1.54. The number of hydrogen-bond donors (Lipinski definition) is 1. The molecule has 6 heteroatoms. The van der Waals surface area contributed by atoms with Gasteiger partial charge in [0.25, 0.3) is 5.91 Å². The fourth-order valence-corrected chi connectivity index (χ4v) is 3.45. The Bertz CT molecular complexity index is 964. The number of carbonyl (C=O) groups excluding carboxylic acids is 1. The van der Waals surface area contributed by atoms with Crippen LogP contribution in [0.4, 0.5) is 0 Å². The van der Waals surface area contributed by atoms with E-state index in [0.717, 1.165) is 16.9 Å². The van der Waals surface area contributed by atoms with Crippen LogP contribution in [0.2, 0.25) is 0 Å². The molecule has 0 fully saturated rings. The van der Waals surface area contributed by atoms with Gasteiger partial charge in [-0.3, -0.25) is 4.79 Å². The lowest BCUT2D eigenvalue weighted by Crippen LogP contribution is -2.42. The Kier molecular flexibility index (Phi) is 5.09. The van der Waals surface area contributed by atoms with E-state index in [1.165, 1.54) is 0 Å². The molecule has 0 aliphatic carbocycles. The molecular formula is C23H25NO5. The Hall–Kier alpha value is -3.15. The highest BCUT2D eigenvalue weighted by molar-refractivity contribution is 5.99. The second-order valence-electron chi connectivity index (χ2n) is 7.50. The lowest BCUT2D eigenvalue weighted by molar-refractivity contribution is -0.119. The summed E-state index contributed by atoms with van der Waals surface area (Å²) in [5.41, 5.74) is 1.74. The first kappa shape index (κ1) is 19.2. The number of hydrogen-bond acceptors (Lipinski definition) is 5. The number of ether oxygens (including phenoxy) is 4. The molecule has 2 heterocycles. The fraction of sp³-hybridized carbons (Fsp3) is 0.348. The third-order valence-corrected chi connectivity index (χ3v) is 4.99. The van der Waals surface area contributed by atoms with Gasteiger partial charge in [0.05, 0.1) is 17.7 Å². The maximum Gasteiger partial charge on any atom is 0.251 e. The molecule has 0 saturated carbocycles. The molecule has 0 radical (unpaired) electrons. The van der Waals surface area contributed by atoms with Gasteiger partial charge in [0.15, 0.2) is 23.0 Å². The molecule has 1 amide bonds. The minimum absolute atomic E-state index is 0.169. The second-order valence-corrected chi connectivity index (χ2v) is 7.50. The first-order chi connectivity index (χ1) is 14.0. The summed E-state index contributed by atoms with van der Waals surface area (Å²) in [6.45, 7) is 7.67. The summed E-state index contributed by atoms with van der Waals surface area (Å²) >= 11 is 0. The molecule has 6 nitrogen and oxygen atoms in total. The molecule has 2 aliphatic rings. The Morgan fingerprint density at radius 2 is 1.90 bits per heavy atom. The van der Waals surface area contributed by atoms with Crippen LogP contribution in [0.25, 0.3) is 6.08 Å². The molecule has 0 aromatic heterocycles. The van der Waals surface area contributed by atoms with Crippen molar-refractivity contribution < 1.29 is 23.7 Å². The van der Waals surface area contributed by atoms with Crippen LogP contribution >= 0.6 is 0 Å². The standard InChI is InChI=1S/C23H25NO5/c1-4-26-19-7-5-6-15-12-16(14-29-21(15)19)22(25)24-23(2,3)17-8-9-18-20(13-17)28-11-10-27-18/h5-9,12-13H,4,10-11,14H2,1-3H3,(H,24,25). The van der Waals surface area contributed by atoms with E-state index in [1.54, 1.807) is 0 Å². The highest BCUT2D eigenvalue weighted by atomic mass is 16.6. The molecule has 0 saturated heterocycles. The Morgan fingerprint density at radius 3 is 2.69 bits per heavy atom. The number of carbonyl (C=O) groups is 1. The van der Waals surface area contributed by atoms with Crippen molar-refractivity contribution in [3.05, 3.63) is 53.1 Å². The molecule has 2 aromatic carbocycles. The van der Waals surface area contributed by atoms with E-state index >= 15 is 0 Å². The maximum absolute atomic E-state index is 12.9. The smallest absolute Gasteiger partial charge is 0.251 e. The topological polar surface area (TPSA) is 66.0 Å². The third kappa shape index (κ3) is 3.88. The van der Waals surface area contributed by atoms with Crippen molar-refractivity contribution in [2.24, 2.45) is 0 Å². The number of fused-ring (bicyclic) bond motifs is 2. The van der Waals surface area contributed by atoms with Crippen LogP contribution < -0.4 is 24.3 Å². The lowest BCUT2D eigenvalue weighted by atomic mass is 9.93. The van der Waals surface area contributed by atoms with Crippen molar-refractivity contribution >= 4 is 12.0 Å². The van der Waals surface area contributed by atoms with Crippen molar-refractivity contribution in [1.29, 1.82) is 0 Å². The van der Waals surface area contributed by atoms with Gasteiger partial charge in [0.1, 0.15) is 19.8 Å². The predicted molar refractivity (Wildman–Crippen MR) is 110 cm³/mol. The number of benzene rings is 2. The summed E-state index contributed by atoms with van der Waals surface area (Å²) in [4.78, 5) is 12.9. The summed E-state index contributed by atoms with van der Waals surface area (Å²) in [7, 11) is 0. The highest BCUT2D eigenvalue weighted by Crippen LogP contribution is 2.37. The van der Waals surface area contributed by atoms with E-state index in [1.807, 2.05) is 63.2 Å². The quantitative estimate of drug-likeness (QED) is 0.837. The normalized spacial score (nSPS) is 14.9. The largest absolute Gasteiger partial charge is 0.490 e. The molecule has 0 unspecified atom stereocenters. The molecule has 152 valence electrons. The summed E-state index contributed by atoms with van der Waals surface area (Å²) in [6, 6.07) is 11.4. The molecule has 2 aromatic rings. The average Bonchev–Trinajstić information content (AvgIpc) is 2.73. The fourth-order valence-electron chi connectivity index (χ4n) is 3.45. The third-order valence-electron chi connectivity index (χ3n) is 4.99. The number of amides is 1. The second kappa shape index (κ2) is 7.70. The summed E-state index contributed by atoms with van der Waals surface area (Å²) in [5, 5.41) is 3.10. The van der Waals surface area contributed by atoms with Gasteiger partial charge in [-0.2, -0.15) is 0 Å². The summed E-state index contributed by atoms with van der Waals surface area (Å²) in [5.74, 6) is 2.63. The van der Waals surface area contributed by atoms with Gasteiger partial charge in [-0.15, -0.1) is 0 Å².